The number of hydrogen-bond donors (Lipinski definition) is 0. The van der Waals surface area contributed by atoms with E-state index in [0.29, 0.717) is 21.2 Å². The molecule has 0 saturated carbocycles. The van der Waals surface area contributed by atoms with Crippen molar-refractivity contribution in [3.63, 3.8) is 0 Å². The zero-order valence-electron chi connectivity index (χ0n) is 4.13. The van der Waals surface area contributed by atoms with Crippen LogP contribution in [0, 0.1) is 0 Å². The normalized spacial score (nSPS) is 34.1. The number of rotatable bonds is 1. The Hall–Kier alpha value is 2.19. The third kappa shape index (κ3) is 2.51. The van der Waals surface area contributed by atoms with Gasteiger partial charge in [-0.05, 0) is 0 Å². The molecular formula is C4H8I3-3. The van der Waals surface area contributed by atoms with Crippen LogP contribution >= 0.6 is 0 Å². The number of hydrogen-bond acceptors (Lipinski definition) is 0. The minimum atomic E-state index is 0.680. The van der Waals surface area contributed by atoms with E-state index in [-0.39, 0.29) is 0 Å². The topological polar surface area (TPSA) is 0 Å². The van der Waals surface area contributed by atoms with Crippen molar-refractivity contribution in [3.8, 4) is 0 Å². The van der Waals surface area contributed by atoms with Crippen molar-refractivity contribution in [3.05, 3.63) is 0 Å². The zero-order valence-corrected chi connectivity index (χ0v) is 10.6. The van der Waals surface area contributed by atoms with E-state index in [1.165, 1.54) is 1.93 Å². The standard InChI is InChI=1S/C4H8I3/c1-5-4-2-6-3-7-4/h4H,2-3H2,1H3/q-3. The Bertz CT molecular complexity index is 48.9. The van der Waals surface area contributed by atoms with E-state index in [1.54, 1.807) is 6.86 Å². The molecule has 0 aliphatic carbocycles. The van der Waals surface area contributed by atoms with E-state index >= 15 is 0 Å². The van der Waals surface area contributed by atoms with E-state index in [2.05, 4.69) is 4.93 Å². The molecule has 0 amide bonds. The second kappa shape index (κ2) is 4.08. The molecule has 48 valence electrons. The fourth-order valence-corrected chi connectivity index (χ4v) is 23.0. The molecule has 0 bridgehead atoms. The summed E-state index contributed by atoms with van der Waals surface area (Å²) < 4.78 is 4.83. The first-order valence-electron chi connectivity index (χ1n) is 2.02. The molecule has 0 N–H and O–H groups in total. The Morgan fingerprint density at radius 3 is 2.86 bits per heavy atom. The average Bonchev–Trinajstić information content (AvgIpc) is 2.14. The first kappa shape index (κ1) is 7.30. The molecule has 7 heavy (non-hydrogen) atoms. The van der Waals surface area contributed by atoms with Crippen LogP contribution in [0.5, 0.6) is 0 Å². The molecule has 0 radical (unpaired) electrons. The predicted molar refractivity (Wildman–Crippen MR) is 19.4 cm³/mol. The molecule has 3 heteroatoms. The van der Waals surface area contributed by atoms with Gasteiger partial charge < -0.3 is 0 Å². The number of alkyl halides is 6. The van der Waals surface area contributed by atoms with Crippen LogP contribution in [-0.4, -0.2) is 13.7 Å². The second-order valence-corrected chi connectivity index (χ2v) is 15.1. The summed E-state index contributed by atoms with van der Waals surface area (Å²) in [6.45, 7) is 0. The summed E-state index contributed by atoms with van der Waals surface area (Å²) in [6, 6.07) is 0. The maximum absolute atomic E-state index is 2.46. The van der Waals surface area contributed by atoms with Crippen molar-refractivity contribution in [2.75, 3.05) is 11.8 Å². The SMILES string of the molecule is C[I-]C1C[I-]C[I-]1. The first-order valence-corrected chi connectivity index (χ1v) is 11.2. The van der Waals surface area contributed by atoms with Gasteiger partial charge in [-0.2, -0.15) is 0 Å². The van der Waals surface area contributed by atoms with Crippen LogP contribution in [0.1, 0.15) is 0 Å². The molecule has 1 aliphatic rings. The second-order valence-electron chi connectivity index (χ2n) is 1.21. The Morgan fingerprint density at radius 2 is 2.57 bits per heavy atom. The zero-order chi connectivity index (χ0) is 5.11. The Kier molecular flexibility index (Phi) is 4.25. The first-order chi connectivity index (χ1) is 3.43. The quantitative estimate of drug-likeness (QED) is 0.283. The third-order valence-corrected chi connectivity index (χ3v) is 19.9. The number of halogens is 3. The molecule has 1 aliphatic heterocycles. The minimum absolute atomic E-state index is 0.680. The van der Waals surface area contributed by atoms with Gasteiger partial charge in [0.2, 0.25) is 0 Å². The Labute approximate surface area is 76.0 Å². The van der Waals surface area contributed by atoms with Gasteiger partial charge >= 0.3 is 77.3 Å². The molecule has 1 rings (SSSR count). The van der Waals surface area contributed by atoms with Crippen molar-refractivity contribution in [1.82, 2.24) is 0 Å². The molecular weight excluding hydrogens is 429 g/mol. The van der Waals surface area contributed by atoms with Crippen LogP contribution < -0.4 is 63.6 Å². The maximum atomic E-state index is 2.46. The van der Waals surface area contributed by atoms with Crippen molar-refractivity contribution in [1.29, 1.82) is 0 Å². The Balaban J connectivity index is 2.14. The van der Waals surface area contributed by atoms with Gasteiger partial charge in [0, 0.05) is 0 Å². The van der Waals surface area contributed by atoms with Crippen LogP contribution in [0.15, 0.2) is 0 Å². The monoisotopic (exact) mass is 437 g/mol. The molecule has 0 spiro atoms. The molecule has 1 atom stereocenters. The summed E-state index contributed by atoms with van der Waals surface area (Å²) in [5.41, 5.74) is 0. The average molecular weight is 437 g/mol. The van der Waals surface area contributed by atoms with Gasteiger partial charge in [0.05, 0.1) is 0 Å². The molecule has 0 aromatic rings. The summed E-state index contributed by atoms with van der Waals surface area (Å²) in [5, 5.41) is 0. The van der Waals surface area contributed by atoms with Crippen LogP contribution in [0.25, 0.3) is 0 Å². The van der Waals surface area contributed by atoms with Crippen LogP contribution in [0.2, 0.25) is 0 Å². The predicted octanol–water partition coefficient (Wildman–Crippen LogP) is -8.82. The summed E-state index contributed by atoms with van der Waals surface area (Å²) in [7, 11) is 0. The van der Waals surface area contributed by atoms with E-state index in [0.717, 1.165) is 42.4 Å². The Morgan fingerprint density at radius 1 is 1.71 bits per heavy atom. The fraction of sp³-hybridized carbons (Fsp3) is 1.00. The fourth-order valence-electron chi connectivity index (χ4n) is 0.386. The molecule has 0 aromatic heterocycles. The van der Waals surface area contributed by atoms with Crippen LogP contribution in [0.4, 0.5) is 0 Å². The van der Waals surface area contributed by atoms with Gasteiger partial charge in [0.1, 0.15) is 0 Å². The molecule has 1 unspecified atom stereocenters. The van der Waals surface area contributed by atoms with Crippen LogP contribution in [-0.2, 0) is 0 Å². The van der Waals surface area contributed by atoms with E-state index in [4.69, 9.17) is 0 Å². The summed E-state index contributed by atoms with van der Waals surface area (Å²) in [4.78, 5) is 2.46. The summed E-state index contributed by atoms with van der Waals surface area (Å²) >= 11 is 2.23. The molecule has 1 saturated heterocycles. The van der Waals surface area contributed by atoms with Gasteiger partial charge in [-0.3, -0.25) is 0 Å². The van der Waals surface area contributed by atoms with E-state index in [1.807, 2.05) is 0 Å². The van der Waals surface area contributed by atoms with E-state index < -0.39 is 0 Å². The third-order valence-electron chi connectivity index (χ3n) is 0.760. The molecule has 1 fully saturated rings. The van der Waals surface area contributed by atoms with Gasteiger partial charge in [-0.1, -0.05) is 0 Å². The van der Waals surface area contributed by atoms with Crippen LogP contribution in [0.3, 0.4) is 0 Å². The molecule has 0 nitrogen and oxygen atoms in total. The van der Waals surface area contributed by atoms with Gasteiger partial charge in [0.15, 0.2) is 0 Å². The summed E-state index contributed by atoms with van der Waals surface area (Å²) in [5.74, 6) is 0. The van der Waals surface area contributed by atoms with Gasteiger partial charge in [0.25, 0.3) is 0 Å². The summed E-state index contributed by atoms with van der Waals surface area (Å²) in [6.07, 6.45) is 0. The molecule has 0 aromatic carbocycles. The van der Waals surface area contributed by atoms with Gasteiger partial charge in [-0.15, -0.1) is 0 Å². The van der Waals surface area contributed by atoms with E-state index in [9.17, 15) is 0 Å². The van der Waals surface area contributed by atoms with Crippen molar-refractivity contribution in [2.45, 2.75) is 1.93 Å². The van der Waals surface area contributed by atoms with Gasteiger partial charge in [-0.25, -0.2) is 0 Å². The van der Waals surface area contributed by atoms with Crippen molar-refractivity contribution >= 4 is 0 Å². The van der Waals surface area contributed by atoms with Crippen molar-refractivity contribution < 1.29 is 63.6 Å². The molecule has 1 heterocycles. The van der Waals surface area contributed by atoms with Crippen molar-refractivity contribution in [2.24, 2.45) is 0 Å².